The van der Waals surface area contributed by atoms with Crippen LogP contribution in [0.4, 0.5) is 4.39 Å². The van der Waals surface area contributed by atoms with Gasteiger partial charge in [-0.15, -0.1) is 0 Å². The first-order chi connectivity index (χ1) is 9.61. The highest BCUT2D eigenvalue weighted by molar-refractivity contribution is 5.25. The minimum atomic E-state index is -0.485. The standard InChI is InChI=1S/C16H27FN2O/c1-4-16(13-20,14-7-9-15(17)10-8-14)18-11-12-19(5-2)6-3/h7-10,18,20H,4-6,11-13H2,1-3H3. The van der Waals surface area contributed by atoms with Crippen LogP contribution in [0.25, 0.3) is 0 Å². The number of hydrogen-bond donors (Lipinski definition) is 2. The first kappa shape index (κ1) is 17.1. The Bertz CT molecular complexity index is 373. The molecule has 0 amide bonds. The Labute approximate surface area is 121 Å². The van der Waals surface area contributed by atoms with Crippen molar-refractivity contribution >= 4 is 0 Å². The molecule has 0 aromatic heterocycles. The number of benzene rings is 1. The molecule has 0 bridgehead atoms. The normalized spacial score (nSPS) is 14.5. The van der Waals surface area contributed by atoms with Crippen LogP contribution in [0, 0.1) is 5.82 Å². The summed E-state index contributed by atoms with van der Waals surface area (Å²) in [6.45, 7) is 10.1. The lowest BCUT2D eigenvalue weighted by atomic mass is 9.88. The van der Waals surface area contributed by atoms with Gasteiger partial charge in [0.15, 0.2) is 0 Å². The molecule has 0 heterocycles. The molecule has 0 aliphatic carbocycles. The number of rotatable bonds is 9. The number of halogens is 1. The van der Waals surface area contributed by atoms with Crippen molar-refractivity contribution in [3.05, 3.63) is 35.6 Å². The predicted octanol–water partition coefficient (Wildman–Crippen LogP) is 2.35. The average molecular weight is 282 g/mol. The monoisotopic (exact) mass is 282 g/mol. The first-order valence-electron chi connectivity index (χ1n) is 7.46. The minimum absolute atomic E-state index is 0.00732. The number of aliphatic hydroxyl groups excluding tert-OH is 1. The summed E-state index contributed by atoms with van der Waals surface area (Å²) < 4.78 is 13.0. The fourth-order valence-electron chi connectivity index (χ4n) is 2.45. The van der Waals surface area contributed by atoms with Crippen molar-refractivity contribution in [2.45, 2.75) is 32.7 Å². The summed E-state index contributed by atoms with van der Waals surface area (Å²) in [7, 11) is 0. The van der Waals surface area contributed by atoms with Crippen LogP contribution in [0.5, 0.6) is 0 Å². The van der Waals surface area contributed by atoms with Gasteiger partial charge in [-0.2, -0.15) is 0 Å². The highest BCUT2D eigenvalue weighted by atomic mass is 19.1. The van der Waals surface area contributed by atoms with E-state index < -0.39 is 5.54 Å². The third kappa shape index (κ3) is 4.27. The van der Waals surface area contributed by atoms with Crippen molar-refractivity contribution in [3.63, 3.8) is 0 Å². The van der Waals surface area contributed by atoms with Crippen LogP contribution in [0.1, 0.15) is 32.8 Å². The lowest BCUT2D eigenvalue weighted by Gasteiger charge is -2.34. The molecule has 20 heavy (non-hydrogen) atoms. The molecule has 1 aromatic carbocycles. The number of nitrogens with zero attached hydrogens (tertiary/aromatic N) is 1. The zero-order valence-corrected chi connectivity index (χ0v) is 12.8. The second-order valence-electron chi connectivity index (χ2n) is 5.05. The SMILES string of the molecule is CCN(CC)CCNC(CC)(CO)c1ccc(F)cc1. The average Bonchev–Trinajstić information content (AvgIpc) is 2.49. The molecular weight excluding hydrogens is 255 g/mol. The van der Waals surface area contributed by atoms with Crippen LogP contribution >= 0.6 is 0 Å². The highest BCUT2D eigenvalue weighted by Crippen LogP contribution is 2.24. The van der Waals surface area contributed by atoms with Gasteiger partial charge in [-0.05, 0) is 37.2 Å². The first-order valence-corrected chi connectivity index (χ1v) is 7.46. The molecule has 2 N–H and O–H groups in total. The van der Waals surface area contributed by atoms with Crippen LogP contribution in [-0.2, 0) is 5.54 Å². The molecule has 1 atom stereocenters. The molecule has 1 unspecified atom stereocenters. The maximum absolute atomic E-state index is 13.0. The molecule has 3 nitrogen and oxygen atoms in total. The van der Waals surface area contributed by atoms with E-state index >= 15 is 0 Å². The molecule has 0 saturated heterocycles. The van der Waals surface area contributed by atoms with E-state index in [-0.39, 0.29) is 12.4 Å². The van der Waals surface area contributed by atoms with Gasteiger partial charge in [0.25, 0.3) is 0 Å². The Morgan fingerprint density at radius 1 is 1.15 bits per heavy atom. The van der Waals surface area contributed by atoms with E-state index in [1.54, 1.807) is 12.1 Å². The Morgan fingerprint density at radius 2 is 1.75 bits per heavy atom. The summed E-state index contributed by atoms with van der Waals surface area (Å²) in [5.74, 6) is -0.250. The van der Waals surface area contributed by atoms with Gasteiger partial charge >= 0.3 is 0 Å². The van der Waals surface area contributed by atoms with Crippen molar-refractivity contribution in [2.75, 3.05) is 32.8 Å². The second kappa shape index (κ2) is 8.35. The molecule has 4 heteroatoms. The second-order valence-corrected chi connectivity index (χ2v) is 5.05. The molecule has 1 rings (SSSR count). The third-order valence-corrected chi connectivity index (χ3v) is 4.06. The predicted molar refractivity (Wildman–Crippen MR) is 81.2 cm³/mol. The fraction of sp³-hybridized carbons (Fsp3) is 0.625. The van der Waals surface area contributed by atoms with Crippen LogP contribution in [0.15, 0.2) is 24.3 Å². The summed E-state index contributed by atoms with van der Waals surface area (Å²) in [5, 5.41) is 13.3. The summed E-state index contributed by atoms with van der Waals surface area (Å²) in [5.41, 5.74) is 0.448. The smallest absolute Gasteiger partial charge is 0.123 e. The van der Waals surface area contributed by atoms with Gasteiger partial charge in [0.1, 0.15) is 5.82 Å². The molecule has 0 aliphatic rings. The van der Waals surface area contributed by atoms with E-state index in [2.05, 4.69) is 24.1 Å². The van der Waals surface area contributed by atoms with Crippen LogP contribution < -0.4 is 5.32 Å². The zero-order chi connectivity index (χ0) is 15.0. The van der Waals surface area contributed by atoms with Crippen LogP contribution in [0.3, 0.4) is 0 Å². The van der Waals surface area contributed by atoms with Gasteiger partial charge in [0.05, 0.1) is 12.1 Å². The van der Waals surface area contributed by atoms with Gasteiger partial charge in [0.2, 0.25) is 0 Å². The molecule has 114 valence electrons. The van der Waals surface area contributed by atoms with E-state index in [1.165, 1.54) is 12.1 Å². The number of aliphatic hydroxyl groups is 1. The Balaban J connectivity index is 2.74. The molecule has 0 saturated carbocycles. The van der Waals surface area contributed by atoms with E-state index in [1.807, 2.05) is 6.92 Å². The molecule has 0 radical (unpaired) electrons. The maximum atomic E-state index is 13.0. The van der Waals surface area contributed by atoms with Crippen molar-refractivity contribution in [2.24, 2.45) is 0 Å². The summed E-state index contributed by atoms with van der Waals surface area (Å²) in [6.07, 6.45) is 0.757. The van der Waals surface area contributed by atoms with Crippen molar-refractivity contribution in [1.29, 1.82) is 0 Å². The zero-order valence-electron chi connectivity index (χ0n) is 12.8. The van der Waals surface area contributed by atoms with E-state index in [4.69, 9.17) is 0 Å². The summed E-state index contributed by atoms with van der Waals surface area (Å²) >= 11 is 0. The largest absolute Gasteiger partial charge is 0.394 e. The van der Waals surface area contributed by atoms with Crippen molar-refractivity contribution in [3.8, 4) is 0 Å². The molecule has 0 spiro atoms. The molecular formula is C16H27FN2O. The number of hydrogen-bond acceptors (Lipinski definition) is 3. The third-order valence-electron chi connectivity index (χ3n) is 4.06. The van der Waals surface area contributed by atoms with Crippen LogP contribution in [-0.4, -0.2) is 42.8 Å². The van der Waals surface area contributed by atoms with Gasteiger partial charge in [0, 0.05) is 13.1 Å². The van der Waals surface area contributed by atoms with Gasteiger partial charge in [-0.1, -0.05) is 32.9 Å². The fourth-order valence-corrected chi connectivity index (χ4v) is 2.45. The maximum Gasteiger partial charge on any atom is 0.123 e. The lowest BCUT2D eigenvalue weighted by Crippen LogP contribution is -2.48. The number of likely N-dealkylation sites (N-methyl/N-ethyl adjacent to an activating group) is 1. The Kier molecular flexibility index (Phi) is 7.13. The summed E-state index contributed by atoms with van der Waals surface area (Å²) in [6, 6.07) is 6.39. The van der Waals surface area contributed by atoms with Crippen molar-refractivity contribution < 1.29 is 9.50 Å². The number of nitrogens with one attached hydrogen (secondary N) is 1. The quantitative estimate of drug-likeness (QED) is 0.730. The molecule has 0 fully saturated rings. The molecule has 0 aliphatic heterocycles. The highest BCUT2D eigenvalue weighted by Gasteiger charge is 2.28. The minimum Gasteiger partial charge on any atom is -0.394 e. The van der Waals surface area contributed by atoms with E-state index in [0.717, 1.165) is 38.2 Å². The Hall–Kier alpha value is -0.970. The lowest BCUT2D eigenvalue weighted by molar-refractivity contribution is 0.149. The van der Waals surface area contributed by atoms with Gasteiger partial charge in [-0.25, -0.2) is 4.39 Å². The molecule has 1 aromatic rings. The van der Waals surface area contributed by atoms with Crippen LogP contribution in [0.2, 0.25) is 0 Å². The Morgan fingerprint density at radius 3 is 2.20 bits per heavy atom. The van der Waals surface area contributed by atoms with E-state index in [9.17, 15) is 9.50 Å². The topological polar surface area (TPSA) is 35.5 Å². The van der Waals surface area contributed by atoms with Gasteiger partial charge in [-0.3, -0.25) is 0 Å². The van der Waals surface area contributed by atoms with E-state index in [0.29, 0.717) is 0 Å². The van der Waals surface area contributed by atoms with Gasteiger partial charge < -0.3 is 15.3 Å². The summed E-state index contributed by atoms with van der Waals surface area (Å²) in [4.78, 5) is 2.33. The van der Waals surface area contributed by atoms with Crippen molar-refractivity contribution in [1.82, 2.24) is 10.2 Å².